The molecule has 2 nitrogen and oxygen atoms in total. The Morgan fingerprint density at radius 2 is 1.64 bits per heavy atom. The Bertz CT molecular complexity index is 884. The smallest absolute Gasteiger partial charge is 0.163 e. The van der Waals surface area contributed by atoms with E-state index in [4.69, 9.17) is 4.74 Å². The highest BCUT2D eigenvalue weighted by Gasteiger charge is 2.12. The van der Waals surface area contributed by atoms with E-state index in [0.29, 0.717) is 11.3 Å². The fourth-order valence-electron chi connectivity index (χ4n) is 2.29. The second-order valence-electron chi connectivity index (χ2n) is 4.91. The number of carbonyl (C=O) groups excluding carboxylic acids is 1. The molecular formula is C20H14O2. The summed E-state index contributed by atoms with van der Waals surface area (Å²) in [5.41, 5.74) is 1.41. The van der Waals surface area contributed by atoms with Crippen LogP contribution in [0, 0.1) is 12.0 Å². The summed E-state index contributed by atoms with van der Waals surface area (Å²) in [6, 6.07) is 21.1. The van der Waals surface area contributed by atoms with Crippen LogP contribution >= 0.6 is 0 Å². The van der Waals surface area contributed by atoms with Gasteiger partial charge in [0.15, 0.2) is 11.5 Å². The predicted molar refractivity (Wildman–Crippen MR) is 87.9 cm³/mol. The minimum absolute atomic E-state index is 0.0396. The van der Waals surface area contributed by atoms with E-state index in [2.05, 4.69) is 12.0 Å². The van der Waals surface area contributed by atoms with Gasteiger partial charge >= 0.3 is 0 Å². The van der Waals surface area contributed by atoms with Crippen LogP contribution in [0.5, 0.6) is 5.75 Å². The van der Waals surface area contributed by atoms with E-state index in [0.717, 1.165) is 16.3 Å². The van der Waals surface area contributed by atoms with Crippen LogP contribution in [-0.2, 0) is 0 Å². The molecule has 0 aliphatic heterocycles. The summed E-state index contributed by atoms with van der Waals surface area (Å²) in [5.74, 6) is 3.42. The third-order valence-electron chi connectivity index (χ3n) is 3.38. The molecule has 0 atom stereocenters. The van der Waals surface area contributed by atoms with Crippen molar-refractivity contribution in [1.82, 2.24) is 0 Å². The summed E-state index contributed by atoms with van der Waals surface area (Å²) in [7, 11) is 0. The number of ketones is 1. The summed E-state index contributed by atoms with van der Waals surface area (Å²) in [4.78, 5) is 11.8. The molecule has 22 heavy (non-hydrogen) atoms. The molecule has 2 heteroatoms. The normalized spacial score (nSPS) is 9.86. The van der Waals surface area contributed by atoms with Crippen LogP contribution in [0.4, 0.5) is 0 Å². The highest BCUT2D eigenvalue weighted by molar-refractivity contribution is 6.03. The molecule has 0 saturated heterocycles. The zero-order valence-corrected chi connectivity index (χ0v) is 12.2. The number of fused-ring (bicyclic) bond motifs is 1. The van der Waals surface area contributed by atoms with Gasteiger partial charge in [0.25, 0.3) is 0 Å². The molecule has 3 aromatic rings. The highest BCUT2D eigenvalue weighted by Crippen LogP contribution is 2.30. The number of rotatable bonds is 2. The first-order valence-corrected chi connectivity index (χ1v) is 7.01. The van der Waals surface area contributed by atoms with Gasteiger partial charge in [0.1, 0.15) is 6.11 Å². The maximum Gasteiger partial charge on any atom is 0.163 e. The summed E-state index contributed by atoms with van der Waals surface area (Å²) >= 11 is 0. The maximum absolute atomic E-state index is 11.8. The number of Topliss-reactive ketones (excluding diaryl/α,β-unsaturated/α-hetero) is 1. The zero-order valence-electron chi connectivity index (χ0n) is 12.2. The van der Waals surface area contributed by atoms with Gasteiger partial charge in [0.05, 0.1) is 5.56 Å². The molecule has 0 aromatic heterocycles. The van der Waals surface area contributed by atoms with Gasteiger partial charge < -0.3 is 4.74 Å². The minimum Gasteiger partial charge on any atom is -0.406 e. The van der Waals surface area contributed by atoms with E-state index in [1.165, 1.54) is 6.92 Å². The second kappa shape index (κ2) is 6.15. The van der Waals surface area contributed by atoms with Crippen molar-refractivity contribution in [2.24, 2.45) is 0 Å². The van der Waals surface area contributed by atoms with Crippen LogP contribution in [0.1, 0.15) is 22.8 Å². The number of hydrogen-bond acceptors (Lipinski definition) is 2. The van der Waals surface area contributed by atoms with Crippen LogP contribution in [-0.4, -0.2) is 5.78 Å². The Morgan fingerprint density at radius 1 is 0.909 bits per heavy atom. The van der Waals surface area contributed by atoms with Crippen molar-refractivity contribution in [1.29, 1.82) is 0 Å². The quantitative estimate of drug-likeness (QED) is 0.514. The van der Waals surface area contributed by atoms with Crippen molar-refractivity contribution in [3.8, 4) is 17.8 Å². The van der Waals surface area contributed by atoms with Gasteiger partial charge in [0.2, 0.25) is 0 Å². The molecule has 0 radical (unpaired) electrons. The first-order valence-electron chi connectivity index (χ1n) is 7.01. The van der Waals surface area contributed by atoms with Gasteiger partial charge in [-0.1, -0.05) is 48.5 Å². The Morgan fingerprint density at radius 3 is 2.41 bits per heavy atom. The van der Waals surface area contributed by atoms with Crippen LogP contribution in [0.2, 0.25) is 0 Å². The molecule has 0 spiro atoms. The first kappa shape index (κ1) is 13.9. The van der Waals surface area contributed by atoms with E-state index in [1.54, 1.807) is 6.07 Å². The fraction of sp³-hybridized carbons (Fsp3) is 0.0500. The Labute approximate surface area is 129 Å². The fourth-order valence-corrected chi connectivity index (χ4v) is 2.29. The lowest BCUT2D eigenvalue weighted by Crippen LogP contribution is -1.98. The zero-order chi connectivity index (χ0) is 15.4. The van der Waals surface area contributed by atoms with E-state index in [1.807, 2.05) is 60.7 Å². The van der Waals surface area contributed by atoms with Crippen molar-refractivity contribution < 1.29 is 9.53 Å². The largest absolute Gasteiger partial charge is 0.406 e. The number of hydrogen-bond donors (Lipinski definition) is 0. The molecule has 0 heterocycles. The average molecular weight is 286 g/mol. The van der Waals surface area contributed by atoms with Gasteiger partial charge in [-0.2, -0.15) is 0 Å². The lowest BCUT2D eigenvalue weighted by Gasteiger charge is -2.08. The molecule has 3 aromatic carbocycles. The third-order valence-corrected chi connectivity index (χ3v) is 3.38. The van der Waals surface area contributed by atoms with Crippen molar-refractivity contribution in [2.45, 2.75) is 6.92 Å². The maximum atomic E-state index is 11.8. The highest BCUT2D eigenvalue weighted by atomic mass is 16.5. The van der Waals surface area contributed by atoms with Crippen molar-refractivity contribution in [3.63, 3.8) is 0 Å². The number of benzene rings is 3. The lowest BCUT2D eigenvalue weighted by molar-refractivity contribution is 0.101. The summed E-state index contributed by atoms with van der Waals surface area (Å²) in [6.45, 7) is 1.53. The van der Waals surface area contributed by atoms with E-state index in [-0.39, 0.29) is 5.78 Å². The predicted octanol–water partition coefficient (Wildman–Crippen LogP) is 4.43. The Balaban J connectivity index is 2.03. The standard InChI is InChI=1S/C20H14O2/c1-15(21)18-12-11-17-9-5-6-10-19(17)20(18)22-14-13-16-7-3-2-4-8-16/h2-12H,1H3. The molecule has 0 bridgehead atoms. The topological polar surface area (TPSA) is 26.3 Å². The number of carbonyl (C=O) groups is 1. The lowest BCUT2D eigenvalue weighted by atomic mass is 10.0. The van der Waals surface area contributed by atoms with E-state index >= 15 is 0 Å². The Kier molecular flexibility index (Phi) is 3.89. The average Bonchev–Trinajstić information content (AvgIpc) is 2.55. The van der Waals surface area contributed by atoms with Crippen LogP contribution in [0.25, 0.3) is 10.8 Å². The third kappa shape index (κ3) is 2.84. The van der Waals surface area contributed by atoms with Crippen molar-refractivity contribution in [3.05, 3.63) is 77.9 Å². The SMILES string of the molecule is CC(=O)c1ccc2ccccc2c1OC#Cc1ccccc1. The van der Waals surface area contributed by atoms with Crippen LogP contribution in [0.3, 0.4) is 0 Å². The van der Waals surface area contributed by atoms with Gasteiger partial charge in [0, 0.05) is 10.9 Å². The van der Waals surface area contributed by atoms with Crippen LogP contribution < -0.4 is 4.74 Å². The first-order chi connectivity index (χ1) is 10.8. The van der Waals surface area contributed by atoms with Gasteiger partial charge in [-0.3, -0.25) is 4.79 Å². The summed E-state index contributed by atoms with van der Waals surface area (Å²) in [5, 5.41) is 1.90. The second-order valence-corrected chi connectivity index (χ2v) is 4.91. The molecule has 0 unspecified atom stereocenters. The molecule has 0 aliphatic rings. The van der Waals surface area contributed by atoms with E-state index in [9.17, 15) is 4.79 Å². The van der Waals surface area contributed by atoms with E-state index < -0.39 is 0 Å². The molecule has 3 rings (SSSR count). The minimum atomic E-state index is -0.0396. The molecule has 0 fully saturated rings. The number of ether oxygens (including phenoxy) is 1. The molecule has 0 amide bonds. The molecule has 0 saturated carbocycles. The van der Waals surface area contributed by atoms with Crippen molar-refractivity contribution >= 4 is 16.6 Å². The molecular weight excluding hydrogens is 272 g/mol. The van der Waals surface area contributed by atoms with Crippen molar-refractivity contribution in [2.75, 3.05) is 0 Å². The van der Waals surface area contributed by atoms with Gasteiger partial charge in [-0.05, 0) is 36.4 Å². The summed E-state index contributed by atoms with van der Waals surface area (Å²) < 4.78 is 5.63. The Hall–Kier alpha value is -3.05. The summed E-state index contributed by atoms with van der Waals surface area (Å²) in [6.07, 6.45) is 2.70. The van der Waals surface area contributed by atoms with Crippen LogP contribution in [0.15, 0.2) is 66.7 Å². The van der Waals surface area contributed by atoms with Gasteiger partial charge in [-0.25, -0.2) is 0 Å². The molecule has 0 N–H and O–H groups in total. The molecule has 0 aliphatic carbocycles. The van der Waals surface area contributed by atoms with Gasteiger partial charge in [-0.15, -0.1) is 0 Å². The monoisotopic (exact) mass is 286 g/mol. The molecule has 106 valence electrons.